The molecule has 0 amide bonds. The van der Waals surface area contributed by atoms with E-state index in [0.29, 0.717) is 19.3 Å². The van der Waals surface area contributed by atoms with Crippen LogP contribution in [0.2, 0.25) is 0 Å². The molecule has 14 heavy (non-hydrogen) atoms. The van der Waals surface area contributed by atoms with Gasteiger partial charge in [-0.2, -0.15) is 0 Å². The second-order valence-electron chi connectivity index (χ2n) is 3.96. The Balaban J connectivity index is 2.68. The number of rotatable bonds is 3. The molecule has 3 heteroatoms. The van der Waals surface area contributed by atoms with Crippen molar-refractivity contribution in [1.29, 1.82) is 0 Å². The van der Waals surface area contributed by atoms with E-state index in [-0.39, 0.29) is 29.7 Å². The first kappa shape index (κ1) is 11.1. The first-order chi connectivity index (χ1) is 6.56. The molecule has 3 nitrogen and oxygen atoms in total. The Morgan fingerprint density at radius 3 is 2.64 bits per heavy atom. The summed E-state index contributed by atoms with van der Waals surface area (Å²) in [6, 6.07) is 0. The van der Waals surface area contributed by atoms with Gasteiger partial charge in [-0.15, -0.1) is 0 Å². The molecule has 1 rings (SSSR count). The molecule has 0 aromatic carbocycles. The van der Waals surface area contributed by atoms with Crippen LogP contribution in [0.4, 0.5) is 0 Å². The Morgan fingerprint density at radius 1 is 1.43 bits per heavy atom. The van der Waals surface area contributed by atoms with Crippen LogP contribution in [0, 0.1) is 11.8 Å². The van der Waals surface area contributed by atoms with Crippen LogP contribution in [0.5, 0.6) is 0 Å². The zero-order chi connectivity index (χ0) is 10.7. The highest BCUT2D eigenvalue weighted by atomic mass is 16.2. The fourth-order valence-electron chi connectivity index (χ4n) is 1.76. The summed E-state index contributed by atoms with van der Waals surface area (Å²) in [6.07, 6.45) is 1.63. The van der Waals surface area contributed by atoms with Gasteiger partial charge in [-0.25, -0.2) is 0 Å². The third-order valence-corrected chi connectivity index (χ3v) is 2.87. The molecule has 0 bridgehead atoms. The predicted molar refractivity (Wildman–Crippen MR) is 51.8 cm³/mol. The predicted octanol–water partition coefficient (Wildman–Crippen LogP) is 1.54. The molecule has 0 spiro atoms. The Bertz CT molecular complexity index is 268. The zero-order valence-corrected chi connectivity index (χ0v) is 8.71. The molecule has 78 valence electrons. The molecule has 1 aliphatic carbocycles. The first-order valence-corrected chi connectivity index (χ1v) is 5.14. The molecule has 0 saturated heterocycles. The topological polar surface area (TPSA) is 51.2 Å². The lowest BCUT2D eigenvalue weighted by atomic mass is 9.78. The summed E-state index contributed by atoms with van der Waals surface area (Å²) in [4.78, 5) is 34.2. The highest BCUT2D eigenvalue weighted by Gasteiger charge is 2.35. The lowest BCUT2D eigenvalue weighted by Gasteiger charge is -2.23. The minimum absolute atomic E-state index is 0.00537. The highest BCUT2D eigenvalue weighted by molar-refractivity contribution is 6.07. The SMILES string of the molecule is CCC(=O)CC1C(=O)CCC(C)C1=O. The van der Waals surface area contributed by atoms with Crippen molar-refractivity contribution >= 4 is 17.3 Å². The third kappa shape index (κ3) is 2.28. The molecular formula is C11H16O3. The molecular weight excluding hydrogens is 180 g/mol. The van der Waals surface area contributed by atoms with Gasteiger partial charge in [-0.1, -0.05) is 13.8 Å². The van der Waals surface area contributed by atoms with E-state index in [4.69, 9.17) is 0 Å². The monoisotopic (exact) mass is 196 g/mol. The molecule has 0 N–H and O–H groups in total. The summed E-state index contributed by atoms with van der Waals surface area (Å²) in [5.41, 5.74) is 0. The van der Waals surface area contributed by atoms with Gasteiger partial charge in [0, 0.05) is 25.2 Å². The minimum Gasteiger partial charge on any atom is -0.300 e. The largest absolute Gasteiger partial charge is 0.300 e. The van der Waals surface area contributed by atoms with Gasteiger partial charge in [0.2, 0.25) is 0 Å². The second kappa shape index (κ2) is 4.49. The number of Topliss-reactive ketones (excluding diaryl/α,β-unsaturated/α-hetero) is 3. The summed E-state index contributed by atoms with van der Waals surface area (Å²) in [5.74, 6) is -0.766. The molecule has 1 aliphatic rings. The van der Waals surface area contributed by atoms with Crippen LogP contribution in [0.1, 0.15) is 39.5 Å². The number of hydrogen-bond acceptors (Lipinski definition) is 3. The normalized spacial score (nSPS) is 27.9. The molecule has 0 aromatic heterocycles. The molecule has 0 radical (unpaired) electrons. The fourth-order valence-corrected chi connectivity index (χ4v) is 1.76. The van der Waals surface area contributed by atoms with E-state index in [9.17, 15) is 14.4 Å². The zero-order valence-electron chi connectivity index (χ0n) is 8.71. The van der Waals surface area contributed by atoms with E-state index in [1.54, 1.807) is 6.92 Å². The van der Waals surface area contributed by atoms with Crippen molar-refractivity contribution in [3.63, 3.8) is 0 Å². The van der Waals surface area contributed by atoms with Crippen molar-refractivity contribution < 1.29 is 14.4 Å². The summed E-state index contributed by atoms with van der Waals surface area (Å²) in [7, 11) is 0. The minimum atomic E-state index is -0.633. The standard InChI is InChI=1S/C11H16O3/c1-3-8(12)6-9-10(13)5-4-7(2)11(9)14/h7,9H,3-6H2,1-2H3. The van der Waals surface area contributed by atoms with E-state index in [1.165, 1.54) is 0 Å². The summed E-state index contributed by atoms with van der Waals surface area (Å²) < 4.78 is 0. The Hall–Kier alpha value is -0.990. The van der Waals surface area contributed by atoms with Gasteiger partial charge in [0.15, 0.2) is 0 Å². The van der Waals surface area contributed by atoms with E-state index in [1.807, 2.05) is 6.92 Å². The molecule has 0 aliphatic heterocycles. The summed E-state index contributed by atoms with van der Waals surface area (Å²) in [5, 5.41) is 0. The third-order valence-electron chi connectivity index (χ3n) is 2.87. The van der Waals surface area contributed by atoms with Crippen molar-refractivity contribution in [3.05, 3.63) is 0 Å². The molecule has 0 heterocycles. The fraction of sp³-hybridized carbons (Fsp3) is 0.727. The maximum Gasteiger partial charge on any atom is 0.146 e. The Labute approximate surface area is 83.9 Å². The van der Waals surface area contributed by atoms with Crippen LogP contribution in [0.15, 0.2) is 0 Å². The van der Waals surface area contributed by atoms with Crippen molar-refractivity contribution in [3.8, 4) is 0 Å². The Morgan fingerprint density at radius 2 is 2.07 bits per heavy atom. The molecule has 1 fully saturated rings. The average molecular weight is 196 g/mol. The van der Waals surface area contributed by atoms with Crippen LogP contribution < -0.4 is 0 Å². The van der Waals surface area contributed by atoms with Crippen LogP contribution in [-0.2, 0) is 14.4 Å². The molecule has 2 unspecified atom stereocenters. The lowest BCUT2D eigenvalue weighted by molar-refractivity contribution is -0.141. The highest BCUT2D eigenvalue weighted by Crippen LogP contribution is 2.25. The molecule has 1 saturated carbocycles. The van der Waals surface area contributed by atoms with Crippen LogP contribution in [-0.4, -0.2) is 17.3 Å². The van der Waals surface area contributed by atoms with Crippen molar-refractivity contribution in [1.82, 2.24) is 0 Å². The second-order valence-corrected chi connectivity index (χ2v) is 3.96. The van der Waals surface area contributed by atoms with Crippen LogP contribution in [0.3, 0.4) is 0 Å². The van der Waals surface area contributed by atoms with Crippen molar-refractivity contribution in [2.75, 3.05) is 0 Å². The van der Waals surface area contributed by atoms with E-state index in [2.05, 4.69) is 0 Å². The summed E-state index contributed by atoms with van der Waals surface area (Å²) in [6.45, 7) is 3.59. The molecule has 2 atom stereocenters. The van der Waals surface area contributed by atoms with Gasteiger partial charge in [-0.05, 0) is 6.42 Å². The maximum absolute atomic E-state index is 11.6. The number of carbonyl (C=O) groups excluding carboxylic acids is 3. The van der Waals surface area contributed by atoms with Gasteiger partial charge in [-0.3, -0.25) is 14.4 Å². The lowest BCUT2D eigenvalue weighted by Crippen LogP contribution is -2.35. The number of carbonyl (C=O) groups is 3. The number of hydrogen-bond donors (Lipinski definition) is 0. The van der Waals surface area contributed by atoms with Crippen LogP contribution >= 0.6 is 0 Å². The van der Waals surface area contributed by atoms with Gasteiger partial charge < -0.3 is 0 Å². The maximum atomic E-state index is 11.6. The van der Waals surface area contributed by atoms with Gasteiger partial charge in [0.05, 0.1) is 5.92 Å². The van der Waals surface area contributed by atoms with Crippen molar-refractivity contribution in [2.45, 2.75) is 39.5 Å². The van der Waals surface area contributed by atoms with Gasteiger partial charge in [0.25, 0.3) is 0 Å². The van der Waals surface area contributed by atoms with Crippen molar-refractivity contribution in [2.24, 2.45) is 11.8 Å². The Kier molecular flexibility index (Phi) is 3.55. The summed E-state index contributed by atoms with van der Waals surface area (Å²) >= 11 is 0. The van der Waals surface area contributed by atoms with E-state index in [0.717, 1.165) is 0 Å². The van der Waals surface area contributed by atoms with E-state index < -0.39 is 5.92 Å². The average Bonchev–Trinajstić information content (AvgIpc) is 2.18. The molecule has 0 aromatic rings. The van der Waals surface area contributed by atoms with Gasteiger partial charge in [0.1, 0.15) is 17.3 Å². The quantitative estimate of drug-likeness (QED) is 0.643. The van der Waals surface area contributed by atoms with Gasteiger partial charge >= 0.3 is 0 Å². The van der Waals surface area contributed by atoms with Crippen LogP contribution in [0.25, 0.3) is 0 Å². The van der Waals surface area contributed by atoms with E-state index >= 15 is 0 Å². The first-order valence-electron chi connectivity index (χ1n) is 5.14. The number of ketones is 3. The smallest absolute Gasteiger partial charge is 0.146 e.